The number of pyridine rings is 1. The fourth-order valence-corrected chi connectivity index (χ4v) is 4.49. The molecule has 1 fully saturated rings. The van der Waals surface area contributed by atoms with Crippen molar-refractivity contribution in [2.24, 2.45) is 0 Å². The lowest BCUT2D eigenvalue weighted by atomic mass is 9.93. The number of carbonyl (C=O) groups excluding carboxylic acids is 2. The van der Waals surface area contributed by atoms with Crippen LogP contribution in [0.3, 0.4) is 0 Å². The summed E-state index contributed by atoms with van der Waals surface area (Å²) in [6.45, 7) is 4.03. The van der Waals surface area contributed by atoms with Crippen molar-refractivity contribution in [1.29, 1.82) is 0 Å². The maximum Gasteiger partial charge on any atom is 0.274 e. The Morgan fingerprint density at radius 1 is 1.17 bits per heavy atom. The van der Waals surface area contributed by atoms with E-state index < -0.39 is 29.6 Å². The van der Waals surface area contributed by atoms with Crippen LogP contribution in [0.4, 0.5) is 10.1 Å². The van der Waals surface area contributed by atoms with Gasteiger partial charge in [0.25, 0.3) is 11.5 Å². The Kier molecular flexibility index (Phi) is 6.93. The van der Waals surface area contributed by atoms with Crippen molar-refractivity contribution in [3.63, 3.8) is 0 Å². The molecule has 182 valence electrons. The summed E-state index contributed by atoms with van der Waals surface area (Å²) in [7, 11) is 1.43. The van der Waals surface area contributed by atoms with Gasteiger partial charge in [-0.1, -0.05) is 17.7 Å². The van der Waals surface area contributed by atoms with Gasteiger partial charge in [-0.3, -0.25) is 14.4 Å². The minimum Gasteiger partial charge on any atom is -0.497 e. The molecule has 35 heavy (non-hydrogen) atoms. The van der Waals surface area contributed by atoms with Gasteiger partial charge in [-0.15, -0.1) is 0 Å². The molecule has 1 aromatic heterocycles. The third kappa shape index (κ3) is 4.66. The van der Waals surface area contributed by atoms with Gasteiger partial charge < -0.3 is 19.5 Å². The minimum absolute atomic E-state index is 0.0253. The molecule has 1 N–H and O–H groups in total. The summed E-state index contributed by atoms with van der Waals surface area (Å²) in [6, 6.07) is 11.3. The maximum atomic E-state index is 15.1. The first kappa shape index (κ1) is 24.5. The van der Waals surface area contributed by atoms with E-state index in [-0.39, 0.29) is 23.4 Å². The van der Waals surface area contributed by atoms with E-state index in [4.69, 9.17) is 16.3 Å². The molecule has 0 aliphatic carbocycles. The first-order valence-electron chi connectivity index (χ1n) is 11.2. The van der Waals surface area contributed by atoms with Crippen molar-refractivity contribution in [2.45, 2.75) is 32.4 Å². The summed E-state index contributed by atoms with van der Waals surface area (Å²) in [5, 5.41) is 3.22. The van der Waals surface area contributed by atoms with E-state index in [2.05, 4.69) is 5.32 Å². The van der Waals surface area contributed by atoms with E-state index in [9.17, 15) is 14.4 Å². The standard InChI is InChI=1S/C26H25ClFN3O4/c1-4-30-12-11-15(2)23(26(30)34)31-14-20(19-10-9-18(35-3)13-21(19)28)22(25(31)33)29-24(32)16-5-7-17(27)8-6-16/h5-13,20,22H,4,14H2,1-3H3,(H,29,32)/t20-,22-/m0/s1. The highest BCUT2D eigenvalue weighted by atomic mass is 35.5. The summed E-state index contributed by atoms with van der Waals surface area (Å²) in [5.41, 5.74) is 1.07. The predicted molar refractivity (Wildman–Crippen MR) is 132 cm³/mol. The van der Waals surface area contributed by atoms with E-state index in [1.165, 1.54) is 22.6 Å². The average molecular weight is 498 g/mol. The van der Waals surface area contributed by atoms with Crippen LogP contribution in [0.2, 0.25) is 5.02 Å². The van der Waals surface area contributed by atoms with Crippen molar-refractivity contribution in [2.75, 3.05) is 18.6 Å². The molecule has 0 unspecified atom stereocenters. The van der Waals surface area contributed by atoms with Gasteiger partial charge in [-0.25, -0.2) is 4.39 Å². The largest absolute Gasteiger partial charge is 0.497 e. The molecular weight excluding hydrogens is 473 g/mol. The molecular formula is C26H25ClFN3O4. The van der Waals surface area contributed by atoms with E-state index in [1.54, 1.807) is 55.6 Å². The second-order valence-corrected chi connectivity index (χ2v) is 8.78. The Labute approximate surface area is 207 Å². The van der Waals surface area contributed by atoms with Gasteiger partial charge in [0.1, 0.15) is 23.3 Å². The van der Waals surface area contributed by atoms with Gasteiger partial charge in [0.05, 0.1) is 7.11 Å². The number of nitrogens with one attached hydrogen (secondary N) is 1. The molecule has 2 heterocycles. The molecule has 1 aliphatic rings. The summed E-state index contributed by atoms with van der Waals surface area (Å²) >= 11 is 5.92. The quantitative estimate of drug-likeness (QED) is 0.560. The number of hydrogen-bond acceptors (Lipinski definition) is 4. The van der Waals surface area contributed by atoms with Crippen LogP contribution in [0.1, 0.15) is 34.3 Å². The zero-order chi connectivity index (χ0) is 25.3. The number of nitrogens with zero attached hydrogens (tertiary/aromatic N) is 2. The molecule has 0 bridgehead atoms. The molecule has 0 spiro atoms. The SMILES string of the molecule is CCn1ccc(C)c(N2C[C@@H](c3ccc(OC)cc3F)[C@H](NC(=O)c3ccc(Cl)cc3)C2=O)c1=O. The van der Waals surface area contributed by atoms with Crippen LogP contribution in [-0.4, -0.2) is 36.1 Å². The number of anilines is 1. The van der Waals surface area contributed by atoms with Gasteiger partial charge in [-0.2, -0.15) is 0 Å². The van der Waals surface area contributed by atoms with E-state index in [0.29, 0.717) is 28.4 Å². The van der Waals surface area contributed by atoms with Gasteiger partial charge in [0.2, 0.25) is 5.91 Å². The predicted octanol–water partition coefficient (Wildman–Crippen LogP) is 3.91. The lowest BCUT2D eigenvalue weighted by molar-refractivity contribution is -0.118. The third-order valence-corrected chi connectivity index (χ3v) is 6.52. The van der Waals surface area contributed by atoms with Crippen LogP contribution in [0.25, 0.3) is 0 Å². The molecule has 4 rings (SSSR count). The number of benzene rings is 2. The number of ether oxygens (including phenoxy) is 1. The fourth-order valence-electron chi connectivity index (χ4n) is 4.37. The van der Waals surface area contributed by atoms with E-state index >= 15 is 4.39 Å². The molecule has 2 amide bonds. The van der Waals surface area contributed by atoms with Crippen molar-refractivity contribution >= 4 is 29.1 Å². The van der Waals surface area contributed by atoms with Crippen molar-refractivity contribution in [1.82, 2.24) is 9.88 Å². The van der Waals surface area contributed by atoms with Gasteiger partial charge in [0.15, 0.2) is 0 Å². The zero-order valence-corrected chi connectivity index (χ0v) is 20.3. The lowest BCUT2D eigenvalue weighted by Crippen LogP contribution is -2.44. The Morgan fingerprint density at radius 3 is 2.51 bits per heavy atom. The molecule has 2 aromatic carbocycles. The van der Waals surface area contributed by atoms with Crippen LogP contribution >= 0.6 is 11.6 Å². The highest BCUT2D eigenvalue weighted by Crippen LogP contribution is 2.35. The number of methoxy groups -OCH3 is 1. The number of halogens is 2. The van der Waals surface area contributed by atoms with Crippen molar-refractivity contribution in [3.05, 3.63) is 92.6 Å². The first-order valence-corrected chi connectivity index (χ1v) is 11.5. The fraction of sp³-hybridized carbons (Fsp3) is 0.269. The normalized spacial score (nSPS) is 17.5. The van der Waals surface area contributed by atoms with E-state index in [0.717, 1.165) is 0 Å². The average Bonchev–Trinajstić information content (AvgIpc) is 3.15. The summed E-state index contributed by atoms with van der Waals surface area (Å²) in [6.07, 6.45) is 1.67. The topological polar surface area (TPSA) is 80.6 Å². The van der Waals surface area contributed by atoms with Crippen LogP contribution in [-0.2, 0) is 11.3 Å². The highest BCUT2D eigenvalue weighted by molar-refractivity contribution is 6.30. The smallest absolute Gasteiger partial charge is 0.274 e. The molecule has 0 saturated carbocycles. The Bertz CT molecular complexity index is 1340. The highest BCUT2D eigenvalue weighted by Gasteiger charge is 2.45. The monoisotopic (exact) mass is 497 g/mol. The molecule has 7 nitrogen and oxygen atoms in total. The first-order chi connectivity index (χ1) is 16.7. The van der Waals surface area contributed by atoms with Gasteiger partial charge >= 0.3 is 0 Å². The Hall–Kier alpha value is -3.65. The van der Waals surface area contributed by atoms with Gasteiger partial charge in [0, 0.05) is 41.9 Å². The lowest BCUT2D eigenvalue weighted by Gasteiger charge is -2.19. The minimum atomic E-state index is -1.09. The number of hydrogen-bond donors (Lipinski definition) is 1. The summed E-state index contributed by atoms with van der Waals surface area (Å²) in [4.78, 5) is 41.1. The van der Waals surface area contributed by atoms with Crippen LogP contribution in [0.15, 0.2) is 59.5 Å². The zero-order valence-electron chi connectivity index (χ0n) is 19.5. The number of rotatable bonds is 6. The Balaban J connectivity index is 1.77. The molecule has 1 saturated heterocycles. The van der Waals surface area contributed by atoms with Gasteiger partial charge in [-0.05, 0) is 61.4 Å². The molecule has 2 atom stereocenters. The maximum absolute atomic E-state index is 15.1. The summed E-state index contributed by atoms with van der Waals surface area (Å²) in [5.74, 6) is -1.96. The van der Waals surface area contributed by atoms with Crippen LogP contribution in [0, 0.1) is 12.7 Å². The molecule has 3 aromatic rings. The van der Waals surface area contributed by atoms with Crippen molar-refractivity contribution in [3.8, 4) is 5.75 Å². The Morgan fingerprint density at radius 2 is 1.89 bits per heavy atom. The second kappa shape index (κ2) is 9.92. The van der Waals surface area contributed by atoms with E-state index in [1.807, 2.05) is 6.92 Å². The molecule has 9 heteroatoms. The van der Waals surface area contributed by atoms with Crippen LogP contribution < -0.4 is 20.5 Å². The number of carbonyl (C=O) groups is 2. The molecule has 0 radical (unpaired) electrons. The number of amides is 2. The number of aromatic nitrogens is 1. The third-order valence-electron chi connectivity index (χ3n) is 6.27. The van der Waals surface area contributed by atoms with Crippen LogP contribution in [0.5, 0.6) is 5.75 Å². The number of aryl methyl sites for hydroxylation is 2. The summed E-state index contributed by atoms with van der Waals surface area (Å²) < 4.78 is 21.7. The van der Waals surface area contributed by atoms with Crippen molar-refractivity contribution < 1.29 is 18.7 Å². The second-order valence-electron chi connectivity index (χ2n) is 8.34. The molecule has 1 aliphatic heterocycles.